The lowest BCUT2D eigenvalue weighted by atomic mass is 10.2. The molecule has 0 saturated carbocycles. The van der Waals surface area contributed by atoms with Crippen LogP contribution in [0.3, 0.4) is 0 Å². The fourth-order valence-electron chi connectivity index (χ4n) is 0.712. The zero-order chi connectivity index (χ0) is 7.23. The Morgan fingerprint density at radius 2 is 2.50 bits per heavy atom. The predicted octanol–water partition coefficient (Wildman–Crippen LogP) is 0.901. The van der Waals surface area contributed by atoms with Crippen LogP contribution >= 0.6 is 0 Å². The van der Waals surface area contributed by atoms with Gasteiger partial charge in [0, 0.05) is 6.61 Å². The van der Waals surface area contributed by atoms with Crippen molar-refractivity contribution in [2.45, 2.75) is 13.3 Å². The largest absolute Gasteiger partial charge is 0.381 e. The van der Waals surface area contributed by atoms with Crippen LogP contribution in [0.4, 0.5) is 0 Å². The summed E-state index contributed by atoms with van der Waals surface area (Å²) >= 11 is 0. The van der Waals surface area contributed by atoms with Gasteiger partial charge in [0.2, 0.25) is 0 Å². The van der Waals surface area contributed by atoms with Gasteiger partial charge in [-0.05, 0) is 18.9 Å². The van der Waals surface area contributed by atoms with Crippen LogP contribution in [0.2, 0.25) is 0 Å². The third-order valence-corrected chi connectivity index (χ3v) is 1.25. The quantitative estimate of drug-likeness (QED) is 0.533. The van der Waals surface area contributed by atoms with Gasteiger partial charge in [-0.1, -0.05) is 0 Å². The molecule has 1 rings (SSSR count). The van der Waals surface area contributed by atoms with Crippen LogP contribution in [0.1, 0.15) is 13.3 Å². The molecule has 0 aliphatic carbocycles. The van der Waals surface area contributed by atoms with Crippen molar-refractivity contribution in [3.63, 3.8) is 0 Å². The van der Waals surface area contributed by atoms with Crippen molar-refractivity contribution in [3.05, 3.63) is 11.8 Å². The molecule has 10 heavy (non-hydrogen) atoms. The number of ether oxygens (including phenoxy) is 1. The van der Waals surface area contributed by atoms with Crippen LogP contribution in [0.5, 0.6) is 0 Å². The summed E-state index contributed by atoms with van der Waals surface area (Å²) in [5, 5.41) is 3.70. The molecule has 0 bridgehead atoms. The smallest absolute Gasteiger partial charge is 0.0544 e. The molecule has 1 aliphatic rings. The van der Waals surface area contributed by atoms with Crippen LogP contribution in [0.25, 0.3) is 0 Å². The first-order valence-corrected chi connectivity index (χ1v) is 3.43. The minimum absolute atomic E-state index is 0.768. The minimum Gasteiger partial charge on any atom is -0.381 e. The SMILES string of the molecule is CCOCCC1=C[N]N=C1. The second-order valence-electron chi connectivity index (χ2n) is 2.01. The first kappa shape index (κ1) is 7.28. The van der Waals surface area contributed by atoms with Gasteiger partial charge in [0.05, 0.1) is 19.0 Å². The molecule has 0 N–H and O–H groups in total. The molecule has 0 aromatic carbocycles. The van der Waals surface area contributed by atoms with E-state index >= 15 is 0 Å². The minimum atomic E-state index is 0.768. The van der Waals surface area contributed by atoms with E-state index in [2.05, 4.69) is 10.5 Å². The summed E-state index contributed by atoms with van der Waals surface area (Å²) in [7, 11) is 0. The fraction of sp³-hybridized carbons (Fsp3) is 0.571. The van der Waals surface area contributed by atoms with Crippen molar-refractivity contribution in [2.24, 2.45) is 5.10 Å². The van der Waals surface area contributed by atoms with Crippen molar-refractivity contribution in [1.82, 2.24) is 5.43 Å². The molecular weight excluding hydrogens is 128 g/mol. The van der Waals surface area contributed by atoms with E-state index in [9.17, 15) is 0 Å². The molecule has 1 aliphatic heterocycles. The molecule has 0 aromatic rings. The van der Waals surface area contributed by atoms with Gasteiger partial charge in [0.25, 0.3) is 0 Å². The van der Waals surface area contributed by atoms with Crippen LogP contribution in [0, 0.1) is 0 Å². The van der Waals surface area contributed by atoms with Crippen molar-refractivity contribution in [1.29, 1.82) is 0 Å². The Balaban J connectivity index is 2.08. The lowest BCUT2D eigenvalue weighted by Crippen LogP contribution is -1.95. The first-order valence-electron chi connectivity index (χ1n) is 3.43. The summed E-state index contributed by atoms with van der Waals surface area (Å²) in [6.45, 7) is 3.53. The van der Waals surface area contributed by atoms with E-state index in [0.29, 0.717) is 0 Å². The molecule has 3 nitrogen and oxygen atoms in total. The maximum atomic E-state index is 5.15. The third-order valence-electron chi connectivity index (χ3n) is 1.25. The fourth-order valence-corrected chi connectivity index (χ4v) is 0.712. The average molecular weight is 139 g/mol. The van der Waals surface area contributed by atoms with Gasteiger partial charge in [0.15, 0.2) is 0 Å². The summed E-state index contributed by atoms with van der Waals surface area (Å²) in [4.78, 5) is 0. The second-order valence-corrected chi connectivity index (χ2v) is 2.01. The average Bonchev–Trinajstić information content (AvgIpc) is 2.41. The van der Waals surface area contributed by atoms with E-state index in [1.54, 1.807) is 12.4 Å². The lowest BCUT2D eigenvalue weighted by Gasteiger charge is -1.97. The van der Waals surface area contributed by atoms with E-state index in [1.165, 1.54) is 0 Å². The highest BCUT2D eigenvalue weighted by Crippen LogP contribution is 2.01. The summed E-state index contributed by atoms with van der Waals surface area (Å²) in [5.74, 6) is 0. The highest BCUT2D eigenvalue weighted by Gasteiger charge is 1.98. The van der Waals surface area contributed by atoms with Gasteiger partial charge >= 0.3 is 0 Å². The van der Waals surface area contributed by atoms with Crippen LogP contribution in [0.15, 0.2) is 16.9 Å². The van der Waals surface area contributed by atoms with Crippen LogP contribution in [-0.4, -0.2) is 19.4 Å². The van der Waals surface area contributed by atoms with E-state index in [0.717, 1.165) is 25.2 Å². The number of hydrogen-bond acceptors (Lipinski definition) is 2. The molecule has 0 spiro atoms. The van der Waals surface area contributed by atoms with E-state index in [1.807, 2.05) is 6.92 Å². The zero-order valence-corrected chi connectivity index (χ0v) is 6.08. The maximum absolute atomic E-state index is 5.15. The van der Waals surface area contributed by atoms with Crippen LogP contribution in [-0.2, 0) is 4.74 Å². The molecule has 0 unspecified atom stereocenters. The molecule has 0 saturated heterocycles. The van der Waals surface area contributed by atoms with Gasteiger partial charge in [0.1, 0.15) is 0 Å². The molecule has 1 heterocycles. The van der Waals surface area contributed by atoms with Crippen molar-refractivity contribution < 1.29 is 4.74 Å². The monoisotopic (exact) mass is 139 g/mol. The van der Waals surface area contributed by atoms with E-state index in [4.69, 9.17) is 4.74 Å². The van der Waals surface area contributed by atoms with Gasteiger partial charge in [-0.15, -0.1) is 0 Å². The molecule has 0 fully saturated rings. The summed E-state index contributed by atoms with van der Waals surface area (Å²) < 4.78 is 5.15. The molecule has 0 amide bonds. The Morgan fingerprint density at radius 1 is 1.60 bits per heavy atom. The Kier molecular flexibility index (Phi) is 2.96. The molecular formula is C7H11N2O. The highest BCUT2D eigenvalue weighted by atomic mass is 16.5. The van der Waals surface area contributed by atoms with Gasteiger partial charge in [-0.2, -0.15) is 10.5 Å². The van der Waals surface area contributed by atoms with Crippen molar-refractivity contribution in [3.8, 4) is 0 Å². The molecule has 1 radical (unpaired) electrons. The van der Waals surface area contributed by atoms with Crippen molar-refractivity contribution >= 4 is 6.21 Å². The molecule has 3 heteroatoms. The topological polar surface area (TPSA) is 35.7 Å². The second kappa shape index (κ2) is 4.06. The van der Waals surface area contributed by atoms with Gasteiger partial charge < -0.3 is 4.74 Å². The summed E-state index contributed by atoms with van der Waals surface area (Å²) in [6, 6.07) is 0. The Hall–Kier alpha value is -0.830. The van der Waals surface area contributed by atoms with Gasteiger partial charge in [-0.25, -0.2) is 0 Å². The lowest BCUT2D eigenvalue weighted by molar-refractivity contribution is 0.152. The Morgan fingerprint density at radius 3 is 3.10 bits per heavy atom. The Bertz CT molecular complexity index is 152. The number of hydrogen-bond donors (Lipinski definition) is 0. The van der Waals surface area contributed by atoms with E-state index < -0.39 is 0 Å². The van der Waals surface area contributed by atoms with E-state index in [-0.39, 0.29) is 0 Å². The van der Waals surface area contributed by atoms with Gasteiger partial charge in [-0.3, -0.25) is 0 Å². The standard InChI is InChI=1S/C7H11N2O/c1-2-10-4-3-7-5-8-9-6-7/h5-6H,2-4H2,1H3. The van der Waals surface area contributed by atoms with Crippen LogP contribution < -0.4 is 5.43 Å². The number of rotatable bonds is 4. The molecule has 0 aromatic heterocycles. The Labute approximate surface area is 60.8 Å². The first-order chi connectivity index (χ1) is 4.93. The summed E-state index contributed by atoms with van der Waals surface area (Å²) in [6.07, 6.45) is 4.44. The predicted molar refractivity (Wildman–Crippen MR) is 39.8 cm³/mol. The zero-order valence-electron chi connectivity index (χ0n) is 6.08. The maximum Gasteiger partial charge on any atom is 0.0544 e. The summed E-state index contributed by atoms with van der Waals surface area (Å²) in [5.41, 5.74) is 4.84. The molecule has 0 atom stereocenters. The molecule has 55 valence electrons. The highest BCUT2D eigenvalue weighted by molar-refractivity contribution is 5.79. The third kappa shape index (κ3) is 2.19. The number of nitrogens with zero attached hydrogens (tertiary/aromatic N) is 2. The van der Waals surface area contributed by atoms with Crippen molar-refractivity contribution in [2.75, 3.05) is 13.2 Å². The normalized spacial score (nSPS) is 15.1.